The van der Waals surface area contributed by atoms with E-state index in [4.69, 9.17) is 12.2 Å². The summed E-state index contributed by atoms with van der Waals surface area (Å²) in [5.74, 6) is 2.15. The maximum Gasteiger partial charge on any atom is 0.238 e. The van der Waals surface area contributed by atoms with Crippen molar-refractivity contribution >= 4 is 5.91 Å². The van der Waals surface area contributed by atoms with Crippen molar-refractivity contribution in [2.24, 2.45) is 5.73 Å². The molecule has 0 aliphatic carbocycles. The molecule has 0 aromatic carbocycles. The fraction of sp³-hybridized carbons (Fsp3) is 0.500. The summed E-state index contributed by atoms with van der Waals surface area (Å²) in [7, 11) is 0. The lowest BCUT2D eigenvalue weighted by Crippen LogP contribution is -2.44. The second kappa shape index (κ2) is 6.27. The van der Waals surface area contributed by atoms with Gasteiger partial charge in [-0.05, 0) is 13.3 Å². The molecule has 3 heteroatoms. The summed E-state index contributed by atoms with van der Waals surface area (Å²) in [4.78, 5) is 11.3. The first-order chi connectivity index (χ1) is 6.11. The van der Waals surface area contributed by atoms with Gasteiger partial charge < -0.3 is 11.1 Å². The van der Waals surface area contributed by atoms with Crippen molar-refractivity contribution in [2.75, 3.05) is 0 Å². The molecule has 0 bridgehead atoms. The van der Waals surface area contributed by atoms with Gasteiger partial charge in [-0.2, -0.15) is 0 Å². The van der Waals surface area contributed by atoms with Crippen LogP contribution in [0.3, 0.4) is 0 Å². The Bertz CT molecular complexity index is 217. The summed E-state index contributed by atoms with van der Waals surface area (Å²) in [6, 6.07) is -0.536. The van der Waals surface area contributed by atoms with Gasteiger partial charge in [0.1, 0.15) is 0 Å². The number of carbonyl (C=O) groups excluding carboxylic acids is 1. The van der Waals surface area contributed by atoms with Crippen LogP contribution in [0, 0.1) is 12.3 Å². The van der Waals surface area contributed by atoms with Crippen molar-refractivity contribution in [3.05, 3.63) is 12.7 Å². The van der Waals surface area contributed by atoms with Crippen LogP contribution in [0.1, 0.15) is 19.8 Å². The van der Waals surface area contributed by atoms with Gasteiger partial charge in [0.15, 0.2) is 0 Å². The van der Waals surface area contributed by atoms with Gasteiger partial charge in [-0.1, -0.05) is 6.08 Å². The molecule has 0 aliphatic heterocycles. The summed E-state index contributed by atoms with van der Waals surface area (Å²) in [6.45, 7) is 5.47. The third kappa shape index (κ3) is 5.05. The van der Waals surface area contributed by atoms with Crippen LogP contribution in [0.15, 0.2) is 12.7 Å². The number of hydrogen-bond donors (Lipinski definition) is 2. The number of hydrogen-bond acceptors (Lipinski definition) is 2. The SMILES string of the molecule is C#CCC(N)C(=O)NC(C)CC=C. The minimum Gasteiger partial charge on any atom is -0.352 e. The standard InChI is InChI=1S/C10H16N2O/c1-4-6-8(3)12-10(13)9(11)7-5-2/h2,4,8-9H,1,6-7,11H2,3H3,(H,12,13). The normalized spacial score (nSPS) is 13.9. The zero-order valence-electron chi connectivity index (χ0n) is 7.92. The van der Waals surface area contributed by atoms with E-state index < -0.39 is 6.04 Å². The van der Waals surface area contributed by atoms with Crippen LogP contribution in [0.2, 0.25) is 0 Å². The second-order valence-electron chi connectivity index (χ2n) is 2.95. The highest BCUT2D eigenvalue weighted by atomic mass is 16.2. The van der Waals surface area contributed by atoms with Crippen molar-refractivity contribution in [2.45, 2.75) is 31.8 Å². The highest BCUT2D eigenvalue weighted by Crippen LogP contribution is 1.93. The number of nitrogens with one attached hydrogen (secondary N) is 1. The summed E-state index contributed by atoms with van der Waals surface area (Å²) < 4.78 is 0. The van der Waals surface area contributed by atoms with E-state index >= 15 is 0 Å². The van der Waals surface area contributed by atoms with Crippen LogP contribution in [-0.4, -0.2) is 18.0 Å². The molecule has 0 aromatic rings. The Labute approximate surface area is 79.4 Å². The molecule has 0 aliphatic rings. The molecular weight excluding hydrogens is 164 g/mol. The maximum absolute atomic E-state index is 11.3. The summed E-state index contributed by atoms with van der Waals surface area (Å²) in [5, 5.41) is 2.73. The fourth-order valence-corrected chi connectivity index (χ4v) is 0.878. The van der Waals surface area contributed by atoms with Crippen LogP contribution in [0.4, 0.5) is 0 Å². The zero-order chi connectivity index (χ0) is 10.3. The Kier molecular flexibility index (Phi) is 5.66. The van der Waals surface area contributed by atoms with Crippen LogP contribution in [0.25, 0.3) is 0 Å². The van der Waals surface area contributed by atoms with Crippen molar-refractivity contribution in [1.82, 2.24) is 5.32 Å². The maximum atomic E-state index is 11.3. The molecule has 2 unspecified atom stereocenters. The Morgan fingerprint density at radius 3 is 2.92 bits per heavy atom. The average Bonchev–Trinajstić information content (AvgIpc) is 2.05. The predicted octanol–water partition coefficient (Wildman–Crippen LogP) is 0.418. The lowest BCUT2D eigenvalue weighted by Gasteiger charge is -2.14. The Morgan fingerprint density at radius 1 is 1.85 bits per heavy atom. The molecule has 72 valence electrons. The van der Waals surface area contributed by atoms with E-state index in [2.05, 4.69) is 17.8 Å². The van der Waals surface area contributed by atoms with Crippen LogP contribution in [-0.2, 0) is 4.79 Å². The Morgan fingerprint density at radius 2 is 2.46 bits per heavy atom. The zero-order valence-corrected chi connectivity index (χ0v) is 7.92. The Hall–Kier alpha value is -1.27. The summed E-state index contributed by atoms with van der Waals surface area (Å²) >= 11 is 0. The van der Waals surface area contributed by atoms with Crippen molar-refractivity contribution < 1.29 is 4.79 Å². The molecule has 0 saturated heterocycles. The van der Waals surface area contributed by atoms with Crippen molar-refractivity contribution in [1.29, 1.82) is 0 Å². The van der Waals surface area contributed by atoms with E-state index in [1.54, 1.807) is 6.08 Å². The van der Waals surface area contributed by atoms with Gasteiger partial charge >= 0.3 is 0 Å². The number of amides is 1. The third-order valence-electron chi connectivity index (χ3n) is 1.58. The quantitative estimate of drug-likeness (QED) is 0.476. The minimum absolute atomic E-state index is 0.0637. The molecule has 0 heterocycles. The van der Waals surface area contributed by atoms with Crippen molar-refractivity contribution in [3.8, 4) is 12.3 Å². The number of nitrogens with two attached hydrogens (primary N) is 1. The second-order valence-corrected chi connectivity index (χ2v) is 2.95. The van der Waals surface area contributed by atoms with Gasteiger partial charge in [0.05, 0.1) is 6.04 Å². The monoisotopic (exact) mass is 180 g/mol. The van der Waals surface area contributed by atoms with E-state index in [1.165, 1.54) is 0 Å². The predicted molar refractivity (Wildman–Crippen MR) is 53.8 cm³/mol. The highest BCUT2D eigenvalue weighted by Gasteiger charge is 2.13. The van der Waals surface area contributed by atoms with Gasteiger partial charge in [0.2, 0.25) is 5.91 Å². The van der Waals surface area contributed by atoms with E-state index in [0.29, 0.717) is 0 Å². The molecule has 0 radical (unpaired) electrons. The van der Waals surface area contributed by atoms with E-state index in [-0.39, 0.29) is 18.4 Å². The van der Waals surface area contributed by atoms with E-state index in [1.807, 2.05) is 6.92 Å². The lowest BCUT2D eigenvalue weighted by atomic mass is 10.2. The molecule has 2 atom stereocenters. The first kappa shape index (κ1) is 11.7. The average molecular weight is 180 g/mol. The topological polar surface area (TPSA) is 55.1 Å². The first-order valence-corrected chi connectivity index (χ1v) is 4.22. The molecule has 0 saturated carbocycles. The van der Waals surface area contributed by atoms with Crippen molar-refractivity contribution in [3.63, 3.8) is 0 Å². The van der Waals surface area contributed by atoms with Crippen LogP contribution >= 0.6 is 0 Å². The lowest BCUT2D eigenvalue weighted by molar-refractivity contribution is -0.122. The summed E-state index contributed by atoms with van der Waals surface area (Å²) in [5.41, 5.74) is 5.49. The molecular formula is C10H16N2O. The molecule has 13 heavy (non-hydrogen) atoms. The van der Waals surface area contributed by atoms with Gasteiger partial charge in [-0.25, -0.2) is 0 Å². The van der Waals surface area contributed by atoms with Crippen LogP contribution in [0.5, 0.6) is 0 Å². The van der Waals surface area contributed by atoms with Gasteiger partial charge in [-0.3, -0.25) is 4.79 Å². The number of terminal acetylenes is 1. The molecule has 0 fully saturated rings. The molecule has 0 aromatic heterocycles. The molecule has 3 nitrogen and oxygen atoms in total. The molecule has 3 N–H and O–H groups in total. The van der Waals surface area contributed by atoms with Gasteiger partial charge in [-0.15, -0.1) is 18.9 Å². The Balaban J connectivity index is 3.86. The number of rotatable bonds is 5. The van der Waals surface area contributed by atoms with Gasteiger partial charge in [0, 0.05) is 12.5 Å². The van der Waals surface area contributed by atoms with Crippen LogP contribution < -0.4 is 11.1 Å². The van der Waals surface area contributed by atoms with E-state index in [9.17, 15) is 4.79 Å². The molecule has 0 spiro atoms. The fourth-order valence-electron chi connectivity index (χ4n) is 0.878. The summed E-state index contributed by atoms with van der Waals surface area (Å²) in [6.07, 6.45) is 7.78. The van der Waals surface area contributed by atoms with E-state index in [0.717, 1.165) is 6.42 Å². The molecule has 0 rings (SSSR count). The van der Waals surface area contributed by atoms with Gasteiger partial charge in [0.25, 0.3) is 0 Å². The largest absolute Gasteiger partial charge is 0.352 e. The molecule has 1 amide bonds. The highest BCUT2D eigenvalue weighted by molar-refractivity contribution is 5.82. The third-order valence-corrected chi connectivity index (χ3v) is 1.58. The smallest absolute Gasteiger partial charge is 0.238 e. The number of carbonyl (C=O) groups is 1. The first-order valence-electron chi connectivity index (χ1n) is 4.22. The minimum atomic E-state index is -0.600.